The molecular weight excluding hydrogens is 370 g/mol. The van der Waals surface area contributed by atoms with Crippen LogP contribution >= 0.6 is 22.6 Å². The highest BCUT2D eigenvalue weighted by molar-refractivity contribution is 14.1. The van der Waals surface area contributed by atoms with Gasteiger partial charge in [-0.15, -0.1) is 0 Å². The number of carbonyl (C=O) groups is 1. The van der Waals surface area contributed by atoms with Gasteiger partial charge in [0.1, 0.15) is 5.82 Å². The zero-order chi connectivity index (χ0) is 14.3. The summed E-state index contributed by atoms with van der Waals surface area (Å²) in [6.45, 7) is 4.97. The molecule has 2 heterocycles. The van der Waals surface area contributed by atoms with E-state index in [4.69, 9.17) is 0 Å². The Morgan fingerprint density at radius 3 is 3.00 bits per heavy atom. The number of amides is 1. The fraction of sp³-hybridized carbons (Fsp3) is 0.533. The molecule has 3 atom stereocenters. The van der Waals surface area contributed by atoms with Crippen LogP contribution in [0.4, 0.5) is 4.39 Å². The van der Waals surface area contributed by atoms with Crippen LogP contribution in [0.2, 0.25) is 0 Å². The number of fused-ring (bicyclic) bond motifs is 1. The van der Waals surface area contributed by atoms with Gasteiger partial charge in [-0.05, 0) is 59.0 Å². The van der Waals surface area contributed by atoms with Gasteiger partial charge < -0.3 is 10.2 Å². The van der Waals surface area contributed by atoms with E-state index in [9.17, 15) is 9.18 Å². The molecule has 2 aliphatic rings. The van der Waals surface area contributed by atoms with E-state index in [0.29, 0.717) is 27.0 Å². The number of halogens is 2. The highest BCUT2D eigenvalue weighted by Gasteiger charge is 2.45. The van der Waals surface area contributed by atoms with Gasteiger partial charge in [0.15, 0.2) is 0 Å². The number of hydrogen-bond acceptors (Lipinski definition) is 2. The first-order valence-electron chi connectivity index (χ1n) is 7.08. The van der Waals surface area contributed by atoms with Crippen molar-refractivity contribution in [1.82, 2.24) is 10.2 Å². The van der Waals surface area contributed by atoms with E-state index in [1.165, 1.54) is 12.1 Å². The van der Waals surface area contributed by atoms with Gasteiger partial charge in [-0.2, -0.15) is 0 Å². The second-order valence-electron chi connectivity index (χ2n) is 5.64. The third-order valence-electron chi connectivity index (χ3n) is 4.56. The summed E-state index contributed by atoms with van der Waals surface area (Å²) in [4.78, 5) is 14.8. The van der Waals surface area contributed by atoms with E-state index in [2.05, 4.69) is 12.2 Å². The minimum absolute atomic E-state index is 0.0515. The largest absolute Gasteiger partial charge is 0.335 e. The highest BCUT2D eigenvalue weighted by atomic mass is 127. The first-order chi connectivity index (χ1) is 9.61. The average Bonchev–Trinajstić information content (AvgIpc) is 2.97. The van der Waals surface area contributed by atoms with Crippen molar-refractivity contribution in [3.8, 4) is 0 Å². The zero-order valence-corrected chi connectivity index (χ0v) is 13.6. The molecule has 3 nitrogen and oxygen atoms in total. The van der Waals surface area contributed by atoms with Gasteiger partial charge in [-0.25, -0.2) is 4.39 Å². The Morgan fingerprint density at radius 1 is 1.50 bits per heavy atom. The molecular formula is C15H18FIN2O. The van der Waals surface area contributed by atoms with Crippen molar-refractivity contribution < 1.29 is 9.18 Å². The van der Waals surface area contributed by atoms with Crippen molar-refractivity contribution in [3.63, 3.8) is 0 Å². The Hall–Kier alpha value is -0.690. The van der Waals surface area contributed by atoms with Gasteiger partial charge in [0, 0.05) is 29.2 Å². The van der Waals surface area contributed by atoms with Gasteiger partial charge in [-0.1, -0.05) is 6.92 Å². The minimum atomic E-state index is -0.291. The minimum Gasteiger partial charge on any atom is -0.335 e. The molecule has 0 saturated carbocycles. The molecule has 1 N–H and O–H groups in total. The van der Waals surface area contributed by atoms with E-state index in [-0.39, 0.29) is 11.7 Å². The van der Waals surface area contributed by atoms with Crippen LogP contribution < -0.4 is 5.32 Å². The zero-order valence-electron chi connectivity index (χ0n) is 11.4. The summed E-state index contributed by atoms with van der Waals surface area (Å²) in [6, 6.07) is 4.71. The van der Waals surface area contributed by atoms with E-state index in [1.807, 2.05) is 27.5 Å². The van der Waals surface area contributed by atoms with E-state index in [1.54, 1.807) is 6.07 Å². The Morgan fingerprint density at radius 2 is 2.30 bits per heavy atom. The topological polar surface area (TPSA) is 32.3 Å². The first kappa shape index (κ1) is 14.3. The summed E-state index contributed by atoms with van der Waals surface area (Å²) < 4.78 is 13.9. The van der Waals surface area contributed by atoms with Crippen LogP contribution in [-0.2, 0) is 0 Å². The maximum atomic E-state index is 13.2. The second-order valence-corrected chi connectivity index (χ2v) is 6.80. The predicted octanol–water partition coefficient (Wildman–Crippen LogP) is 2.50. The standard InChI is InChI=1S/C15H18FIN2O/c1-2-14-12-7-18-6-9(12)8-19(14)15(20)11-4-3-10(16)5-13(11)17/h3-5,9,12,14,18H,2,6-8H2,1H3. The molecule has 3 unspecified atom stereocenters. The molecule has 2 fully saturated rings. The van der Waals surface area contributed by atoms with Crippen molar-refractivity contribution >= 4 is 28.5 Å². The fourth-order valence-electron chi connectivity index (χ4n) is 3.60. The Labute approximate surface area is 132 Å². The van der Waals surface area contributed by atoms with Gasteiger partial charge in [-0.3, -0.25) is 4.79 Å². The third-order valence-corrected chi connectivity index (χ3v) is 5.45. The fourth-order valence-corrected chi connectivity index (χ4v) is 4.31. The van der Waals surface area contributed by atoms with Crippen molar-refractivity contribution in [2.75, 3.05) is 19.6 Å². The molecule has 2 saturated heterocycles. The van der Waals surface area contributed by atoms with Crippen molar-refractivity contribution in [1.29, 1.82) is 0 Å². The predicted molar refractivity (Wildman–Crippen MR) is 84.1 cm³/mol. The molecule has 20 heavy (non-hydrogen) atoms. The molecule has 0 bridgehead atoms. The molecule has 5 heteroatoms. The lowest BCUT2D eigenvalue weighted by Crippen LogP contribution is -2.39. The monoisotopic (exact) mass is 388 g/mol. The number of rotatable bonds is 2. The molecule has 2 aliphatic heterocycles. The summed E-state index contributed by atoms with van der Waals surface area (Å²) in [5, 5.41) is 3.42. The Kier molecular flexibility index (Phi) is 3.99. The lowest BCUT2D eigenvalue weighted by atomic mass is 9.93. The van der Waals surface area contributed by atoms with Crippen molar-refractivity contribution in [2.24, 2.45) is 11.8 Å². The summed E-state index contributed by atoms with van der Waals surface area (Å²) in [5.41, 5.74) is 0.624. The van der Waals surface area contributed by atoms with Crippen molar-refractivity contribution in [3.05, 3.63) is 33.1 Å². The van der Waals surface area contributed by atoms with Crippen LogP contribution in [-0.4, -0.2) is 36.5 Å². The van der Waals surface area contributed by atoms with Gasteiger partial charge in [0.25, 0.3) is 5.91 Å². The number of benzene rings is 1. The Bertz CT molecular complexity index is 537. The smallest absolute Gasteiger partial charge is 0.255 e. The molecule has 0 aromatic heterocycles. The summed E-state index contributed by atoms with van der Waals surface area (Å²) >= 11 is 2.04. The normalized spacial score (nSPS) is 28.8. The number of nitrogens with zero attached hydrogens (tertiary/aromatic N) is 1. The number of hydrogen-bond donors (Lipinski definition) is 1. The van der Waals surface area contributed by atoms with Crippen LogP contribution in [0.5, 0.6) is 0 Å². The van der Waals surface area contributed by atoms with Crippen LogP contribution in [0.3, 0.4) is 0 Å². The lowest BCUT2D eigenvalue weighted by Gasteiger charge is -2.27. The summed E-state index contributed by atoms with van der Waals surface area (Å²) in [5.74, 6) is 0.903. The molecule has 0 radical (unpaired) electrons. The molecule has 3 rings (SSSR count). The molecule has 0 spiro atoms. The maximum absolute atomic E-state index is 13.2. The SMILES string of the molecule is CCC1C2CNCC2CN1C(=O)c1ccc(F)cc1I. The summed E-state index contributed by atoms with van der Waals surface area (Å²) in [6.07, 6.45) is 0.979. The maximum Gasteiger partial charge on any atom is 0.255 e. The third kappa shape index (κ3) is 2.35. The molecule has 108 valence electrons. The van der Waals surface area contributed by atoms with Gasteiger partial charge in [0.05, 0.1) is 5.56 Å². The number of carbonyl (C=O) groups excluding carboxylic acids is 1. The molecule has 1 aromatic rings. The quantitative estimate of drug-likeness (QED) is 0.790. The first-order valence-corrected chi connectivity index (χ1v) is 8.16. The lowest BCUT2D eigenvalue weighted by molar-refractivity contribution is 0.0710. The van der Waals surface area contributed by atoms with E-state index in [0.717, 1.165) is 26.1 Å². The molecule has 1 amide bonds. The van der Waals surface area contributed by atoms with Crippen LogP contribution in [0.25, 0.3) is 0 Å². The van der Waals surface area contributed by atoms with Crippen molar-refractivity contribution in [2.45, 2.75) is 19.4 Å². The highest BCUT2D eigenvalue weighted by Crippen LogP contribution is 2.35. The van der Waals surface area contributed by atoms with Gasteiger partial charge in [0.2, 0.25) is 0 Å². The molecule has 0 aliphatic carbocycles. The van der Waals surface area contributed by atoms with Crippen LogP contribution in [0.1, 0.15) is 23.7 Å². The number of likely N-dealkylation sites (tertiary alicyclic amines) is 1. The van der Waals surface area contributed by atoms with E-state index < -0.39 is 0 Å². The summed E-state index contributed by atoms with van der Waals surface area (Å²) in [7, 11) is 0. The van der Waals surface area contributed by atoms with Crippen LogP contribution in [0, 0.1) is 21.2 Å². The molecule has 1 aromatic carbocycles. The van der Waals surface area contributed by atoms with E-state index >= 15 is 0 Å². The van der Waals surface area contributed by atoms with Gasteiger partial charge >= 0.3 is 0 Å². The average molecular weight is 388 g/mol. The second kappa shape index (κ2) is 5.60. The Balaban J connectivity index is 1.86. The number of nitrogens with one attached hydrogen (secondary N) is 1. The van der Waals surface area contributed by atoms with Crippen LogP contribution in [0.15, 0.2) is 18.2 Å².